The number of guanidine groups is 1. The number of amides is 1. The van der Waals surface area contributed by atoms with Crippen molar-refractivity contribution in [3.63, 3.8) is 0 Å². The second kappa shape index (κ2) is 9.87. The van der Waals surface area contributed by atoms with Gasteiger partial charge in [-0.25, -0.2) is 14.7 Å². The smallest absolute Gasteiger partial charge is 0.220 e. The van der Waals surface area contributed by atoms with Gasteiger partial charge in [0.1, 0.15) is 0 Å². The number of hydrogen-bond donors (Lipinski definition) is 2. The van der Waals surface area contributed by atoms with E-state index in [2.05, 4.69) is 32.5 Å². The zero-order valence-corrected chi connectivity index (χ0v) is 16.6. The van der Waals surface area contributed by atoms with E-state index in [1.165, 1.54) is 0 Å². The standard InChI is InChI=1S/C20H29N7O/c1-3-22-20(26-11-6-16(7-12-26)14-19(28)21-2)24-15-17-5-9-23-18(13-17)27-10-4-8-25-27/h4-5,8-10,13,16H,3,6-7,11-12,14-15H2,1-2H3,(H,21,28)(H,22,24). The van der Waals surface area contributed by atoms with E-state index in [0.717, 1.165) is 49.8 Å². The van der Waals surface area contributed by atoms with Gasteiger partial charge in [0.2, 0.25) is 5.91 Å². The second-order valence-electron chi connectivity index (χ2n) is 6.95. The molecule has 1 aliphatic heterocycles. The second-order valence-corrected chi connectivity index (χ2v) is 6.95. The molecule has 0 radical (unpaired) electrons. The van der Waals surface area contributed by atoms with Crippen LogP contribution in [0.5, 0.6) is 0 Å². The Kier molecular flexibility index (Phi) is 7.00. The third kappa shape index (κ3) is 5.31. The number of rotatable bonds is 6. The van der Waals surface area contributed by atoms with E-state index in [1.807, 2.05) is 24.4 Å². The zero-order chi connectivity index (χ0) is 19.8. The fourth-order valence-electron chi connectivity index (χ4n) is 3.39. The summed E-state index contributed by atoms with van der Waals surface area (Å²) in [5, 5.41) is 10.3. The molecule has 8 nitrogen and oxygen atoms in total. The van der Waals surface area contributed by atoms with Crippen molar-refractivity contribution >= 4 is 11.9 Å². The average Bonchev–Trinajstić information content (AvgIpc) is 3.27. The molecule has 2 aromatic rings. The summed E-state index contributed by atoms with van der Waals surface area (Å²) >= 11 is 0. The van der Waals surface area contributed by atoms with Gasteiger partial charge in [0.05, 0.1) is 6.54 Å². The maximum atomic E-state index is 11.6. The normalized spacial score (nSPS) is 15.5. The number of carbonyl (C=O) groups excluding carboxylic acids is 1. The molecule has 0 saturated carbocycles. The molecule has 2 N–H and O–H groups in total. The van der Waals surface area contributed by atoms with E-state index >= 15 is 0 Å². The Morgan fingerprint density at radius 2 is 2.14 bits per heavy atom. The minimum absolute atomic E-state index is 0.129. The first kappa shape index (κ1) is 19.9. The summed E-state index contributed by atoms with van der Waals surface area (Å²) in [5.74, 6) is 2.30. The van der Waals surface area contributed by atoms with Gasteiger partial charge in [-0.2, -0.15) is 5.10 Å². The summed E-state index contributed by atoms with van der Waals surface area (Å²) in [4.78, 5) is 23.1. The molecule has 1 fully saturated rings. The molecule has 28 heavy (non-hydrogen) atoms. The summed E-state index contributed by atoms with van der Waals surface area (Å²) in [5.41, 5.74) is 1.09. The van der Waals surface area contributed by atoms with Gasteiger partial charge >= 0.3 is 0 Å². The van der Waals surface area contributed by atoms with E-state index in [9.17, 15) is 4.79 Å². The van der Waals surface area contributed by atoms with Gasteiger partial charge in [0.25, 0.3) is 0 Å². The largest absolute Gasteiger partial charge is 0.359 e. The highest BCUT2D eigenvalue weighted by molar-refractivity contribution is 5.80. The lowest BCUT2D eigenvalue weighted by molar-refractivity contribution is -0.121. The molecule has 1 aliphatic rings. The number of nitrogens with one attached hydrogen (secondary N) is 2. The predicted molar refractivity (Wildman–Crippen MR) is 109 cm³/mol. The summed E-state index contributed by atoms with van der Waals surface area (Å²) in [7, 11) is 1.70. The van der Waals surface area contributed by atoms with Crippen molar-refractivity contribution < 1.29 is 4.79 Å². The molecule has 3 rings (SSSR count). The number of nitrogens with zero attached hydrogens (tertiary/aromatic N) is 5. The summed E-state index contributed by atoms with van der Waals surface area (Å²) in [6, 6.07) is 5.87. The zero-order valence-electron chi connectivity index (χ0n) is 16.6. The van der Waals surface area contributed by atoms with Crippen LogP contribution in [0.3, 0.4) is 0 Å². The van der Waals surface area contributed by atoms with Crippen LogP contribution >= 0.6 is 0 Å². The van der Waals surface area contributed by atoms with Crippen LogP contribution in [0.2, 0.25) is 0 Å². The Morgan fingerprint density at radius 1 is 1.32 bits per heavy atom. The summed E-state index contributed by atoms with van der Waals surface area (Å²) in [6.07, 6.45) is 8.04. The number of piperidine rings is 1. The predicted octanol–water partition coefficient (Wildman–Crippen LogP) is 1.58. The highest BCUT2D eigenvalue weighted by Gasteiger charge is 2.23. The van der Waals surface area contributed by atoms with Gasteiger partial charge < -0.3 is 15.5 Å². The van der Waals surface area contributed by atoms with Gasteiger partial charge in [-0.15, -0.1) is 0 Å². The van der Waals surface area contributed by atoms with E-state index in [0.29, 0.717) is 18.9 Å². The number of likely N-dealkylation sites (tertiary alicyclic amines) is 1. The number of hydrogen-bond acceptors (Lipinski definition) is 4. The van der Waals surface area contributed by atoms with Crippen LogP contribution in [0.15, 0.2) is 41.8 Å². The first-order valence-corrected chi connectivity index (χ1v) is 9.88. The molecule has 0 spiro atoms. The maximum absolute atomic E-state index is 11.6. The highest BCUT2D eigenvalue weighted by atomic mass is 16.1. The molecule has 1 saturated heterocycles. The van der Waals surface area contributed by atoms with Crippen LogP contribution in [-0.2, 0) is 11.3 Å². The van der Waals surface area contributed by atoms with Gasteiger partial charge in [0, 0.05) is 51.7 Å². The van der Waals surface area contributed by atoms with Crippen LogP contribution in [0.4, 0.5) is 0 Å². The molecular weight excluding hydrogens is 354 g/mol. The van der Waals surface area contributed by atoms with Gasteiger partial charge in [-0.3, -0.25) is 4.79 Å². The third-order valence-electron chi connectivity index (χ3n) is 4.96. The summed E-state index contributed by atoms with van der Waals surface area (Å²) in [6.45, 7) is 5.32. The Labute approximate surface area is 166 Å². The monoisotopic (exact) mass is 383 g/mol. The first-order chi connectivity index (χ1) is 13.7. The van der Waals surface area contributed by atoms with Crippen molar-refractivity contribution in [3.8, 4) is 5.82 Å². The average molecular weight is 384 g/mol. The van der Waals surface area contributed by atoms with Crippen LogP contribution < -0.4 is 10.6 Å². The van der Waals surface area contributed by atoms with Gasteiger partial charge in [0.15, 0.2) is 11.8 Å². The minimum atomic E-state index is 0.129. The topological polar surface area (TPSA) is 87.4 Å². The first-order valence-electron chi connectivity index (χ1n) is 9.88. The maximum Gasteiger partial charge on any atom is 0.220 e. The van der Waals surface area contributed by atoms with E-state index < -0.39 is 0 Å². The Balaban J connectivity index is 1.62. The quantitative estimate of drug-likeness (QED) is 0.584. The van der Waals surface area contributed by atoms with Crippen molar-refractivity contribution in [1.82, 2.24) is 30.3 Å². The van der Waals surface area contributed by atoms with Crippen molar-refractivity contribution in [2.24, 2.45) is 10.9 Å². The molecule has 0 aliphatic carbocycles. The molecule has 1 amide bonds. The third-order valence-corrected chi connectivity index (χ3v) is 4.96. The van der Waals surface area contributed by atoms with Crippen LogP contribution in [0, 0.1) is 5.92 Å². The molecule has 3 heterocycles. The van der Waals surface area contributed by atoms with E-state index in [1.54, 1.807) is 24.1 Å². The molecule has 8 heteroatoms. The Morgan fingerprint density at radius 3 is 2.82 bits per heavy atom. The SMILES string of the molecule is CCNC(=NCc1ccnc(-n2cccn2)c1)N1CCC(CC(=O)NC)CC1. The number of aliphatic imine (C=N–C) groups is 1. The van der Waals surface area contributed by atoms with Crippen LogP contribution in [0.1, 0.15) is 31.7 Å². The number of pyridine rings is 1. The highest BCUT2D eigenvalue weighted by Crippen LogP contribution is 2.20. The van der Waals surface area contributed by atoms with Crippen molar-refractivity contribution in [2.45, 2.75) is 32.7 Å². The summed E-state index contributed by atoms with van der Waals surface area (Å²) < 4.78 is 1.75. The molecule has 150 valence electrons. The number of aromatic nitrogens is 3. The van der Waals surface area contributed by atoms with E-state index in [4.69, 9.17) is 4.99 Å². The Bertz CT molecular complexity index is 780. The van der Waals surface area contributed by atoms with Crippen LogP contribution in [-0.4, -0.2) is 58.2 Å². The number of carbonyl (C=O) groups is 1. The molecule has 0 aromatic carbocycles. The van der Waals surface area contributed by atoms with Crippen molar-refractivity contribution in [2.75, 3.05) is 26.7 Å². The van der Waals surface area contributed by atoms with Gasteiger partial charge in [-0.1, -0.05) is 0 Å². The fraction of sp³-hybridized carbons (Fsp3) is 0.500. The lowest BCUT2D eigenvalue weighted by atomic mass is 9.93. The molecular formula is C20H29N7O. The fourth-order valence-corrected chi connectivity index (χ4v) is 3.39. The van der Waals surface area contributed by atoms with Gasteiger partial charge in [-0.05, 0) is 49.4 Å². The minimum Gasteiger partial charge on any atom is -0.359 e. The van der Waals surface area contributed by atoms with Crippen molar-refractivity contribution in [1.29, 1.82) is 0 Å². The lowest BCUT2D eigenvalue weighted by Crippen LogP contribution is -2.46. The Hall–Kier alpha value is -2.90. The van der Waals surface area contributed by atoms with E-state index in [-0.39, 0.29) is 5.91 Å². The van der Waals surface area contributed by atoms with Crippen LogP contribution in [0.25, 0.3) is 5.82 Å². The van der Waals surface area contributed by atoms with Crippen molar-refractivity contribution in [3.05, 3.63) is 42.4 Å². The molecule has 0 atom stereocenters. The molecule has 0 unspecified atom stereocenters. The lowest BCUT2D eigenvalue weighted by Gasteiger charge is -2.34. The molecule has 2 aromatic heterocycles. The molecule has 0 bridgehead atoms.